The molecule has 0 aliphatic rings. The normalized spacial score (nSPS) is 12.9. The van der Waals surface area contributed by atoms with Crippen molar-refractivity contribution < 1.29 is 15.6 Å². The lowest BCUT2D eigenvalue weighted by Gasteiger charge is -2.01. The number of para-hydroxylation sites is 1. The minimum absolute atomic E-state index is 0.458. The van der Waals surface area contributed by atoms with Crippen molar-refractivity contribution in [2.45, 2.75) is 12.5 Å². The molecule has 5 N–H and O–H groups in total. The highest BCUT2D eigenvalue weighted by Crippen LogP contribution is 2.18. The number of aromatic amines is 1. The summed E-state index contributed by atoms with van der Waals surface area (Å²) < 4.78 is 0. The highest BCUT2D eigenvalue weighted by atomic mass is 16.4. The van der Waals surface area contributed by atoms with E-state index in [9.17, 15) is 4.79 Å². The first-order valence-electron chi connectivity index (χ1n) is 4.79. The molecule has 0 radical (unpaired) electrons. The summed E-state index contributed by atoms with van der Waals surface area (Å²) in [6, 6.07) is 7.25. The van der Waals surface area contributed by atoms with E-state index in [0.717, 1.165) is 16.5 Å². The lowest BCUT2D eigenvalue weighted by Crippen LogP contribution is -2.65. The van der Waals surface area contributed by atoms with Crippen molar-refractivity contribution in [2.75, 3.05) is 0 Å². The van der Waals surface area contributed by atoms with E-state index in [1.807, 2.05) is 30.5 Å². The summed E-state index contributed by atoms with van der Waals surface area (Å²) in [6.07, 6.45) is 2.31. The summed E-state index contributed by atoms with van der Waals surface area (Å²) in [7, 11) is 0. The number of hydrogen-bond acceptors (Lipinski definition) is 1. The average molecular weight is 205 g/mol. The SMILES string of the molecule is [NH3+][C@@H](Cc1c[nH]c2ccccc12)C(=O)O. The monoisotopic (exact) mass is 205 g/mol. The molecular weight excluding hydrogens is 192 g/mol. The fourth-order valence-corrected chi connectivity index (χ4v) is 1.65. The van der Waals surface area contributed by atoms with Crippen LogP contribution in [0, 0.1) is 0 Å². The first kappa shape index (κ1) is 9.73. The lowest BCUT2D eigenvalue weighted by molar-refractivity contribution is -0.407. The molecule has 78 valence electrons. The average Bonchev–Trinajstić information content (AvgIpc) is 2.62. The second-order valence-electron chi connectivity index (χ2n) is 3.60. The van der Waals surface area contributed by atoms with Gasteiger partial charge in [0.15, 0.2) is 6.04 Å². The Morgan fingerprint density at radius 1 is 1.47 bits per heavy atom. The van der Waals surface area contributed by atoms with E-state index < -0.39 is 12.0 Å². The Morgan fingerprint density at radius 3 is 2.93 bits per heavy atom. The van der Waals surface area contributed by atoms with Gasteiger partial charge < -0.3 is 15.8 Å². The van der Waals surface area contributed by atoms with Crippen LogP contribution in [-0.2, 0) is 11.2 Å². The van der Waals surface area contributed by atoms with E-state index in [-0.39, 0.29) is 0 Å². The van der Waals surface area contributed by atoms with Gasteiger partial charge in [0.2, 0.25) is 0 Å². The highest BCUT2D eigenvalue weighted by molar-refractivity contribution is 5.84. The van der Waals surface area contributed by atoms with Gasteiger partial charge in [-0.3, -0.25) is 0 Å². The smallest absolute Gasteiger partial charge is 0.362 e. The molecule has 0 saturated heterocycles. The Bertz CT molecular complexity index is 490. The number of benzene rings is 1. The number of rotatable bonds is 3. The van der Waals surface area contributed by atoms with E-state index in [0.29, 0.717) is 6.42 Å². The molecule has 0 spiro atoms. The number of nitrogens with one attached hydrogen (secondary N) is 1. The van der Waals surface area contributed by atoms with Crippen molar-refractivity contribution in [1.82, 2.24) is 4.98 Å². The number of H-pyrrole nitrogens is 1. The second-order valence-corrected chi connectivity index (χ2v) is 3.60. The Labute approximate surface area is 86.7 Å². The van der Waals surface area contributed by atoms with E-state index >= 15 is 0 Å². The Kier molecular flexibility index (Phi) is 2.43. The molecule has 4 heteroatoms. The van der Waals surface area contributed by atoms with E-state index in [1.165, 1.54) is 0 Å². The van der Waals surface area contributed by atoms with Crippen LogP contribution in [0.3, 0.4) is 0 Å². The molecule has 0 unspecified atom stereocenters. The zero-order valence-electron chi connectivity index (χ0n) is 8.23. The summed E-state index contributed by atoms with van der Waals surface area (Å²) in [5, 5.41) is 9.86. The van der Waals surface area contributed by atoms with E-state index in [2.05, 4.69) is 10.7 Å². The zero-order valence-corrected chi connectivity index (χ0v) is 8.23. The number of carbonyl (C=O) groups is 1. The van der Waals surface area contributed by atoms with Crippen LogP contribution in [0.2, 0.25) is 0 Å². The van der Waals surface area contributed by atoms with Crippen molar-refractivity contribution in [2.24, 2.45) is 0 Å². The third-order valence-electron chi connectivity index (χ3n) is 2.49. The number of quaternary nitrogens is 1. The van der Waals surface area contributed by atoms with Crippen LogP contribution in [0.4, 0.5) is 0 Å². The van der Waals surface area contributed by atoms with Gasteiger partial charge in [-0.15, -0.1) is 0 Å². The Morgan fingerprint density at radius 2 is 2.20 bits per heavy atom. The third-order valence-corrected chi connectivity index (χ3v) is 2.49. The van der Waals surface area contributed by atoms with Crippen molar-refractivity contribution in [3.05, 3.63) is 36.0 Å². The largest absolute Gasteiger partial charge is 0.477 e. The maximum Gasteiger partial charge on any atom is 0.362 e. The summed E-state index contributed by atoms with van der Waals surface area (Å²) in [5.74, 6) is -0.861. The molecule has 0 amide bonds. The summed E-state index contributed by atoms with van der Waals surface area (Å²) in [4.78, 5) is 13.8. The van der Waals surface area contributed by atoms with Crippen molar-refractivity contribution in [1.29, 1.82) is 0 Å². The molecule has 2 aromatic rings. The molecule has 0 saturated carbocycles. The molecule has 1 heterocycles. The van der Waals surface area contributed by atoms with Crippen molar-refractivity contribution in [3.8, 4) is 0 Å². The predicted molar refractivity (Wildman–Crippen MR) is 56.3 cm³/mol. The zero-order chi connectivity index (χ0) is 10.8. The van der Waals surface area contributed by atoms with Gasteiger partial charge in [0, 0.05) is 23.5 Å². The fourth-order valence-electron chi connectivity index (χ4n) is 1.65. The van der Waals surface area contributed by atoms with Crippen LogP contribution in [0.1, 0.15) is 5.56 Å². The second kappa shape index (κ2) is 3.74. The summed E-state index contributed by atoms with van der Waals surface area (Å²) in [5.41, 5.74) is 5.65. The number of carboxylic acid groups (broad SMARTS) is 1. The molecule has 0 bridgehead atoms. The van der Waals surface area contributed by atoms with Gasteiger partial charge >= 0.3 is 5.97 Å². The van der Waals surface area contributed by atoms with Gasteiger partial charge in [-0.1, -0.05) is 18.2 Å². The fraction of sp³-hybridized carbons (Fsp3) is 0.182. The maximum atomic E-state index is 10.7. The van der Waals surface area contributed by atoms with Crippen LogP contribution in [0.15, 0.2) is 30.5 Å². The van der Waals surface area contributed by atoms with Gasteiger partial charge in [0.1, 0.15) is 0 Å². The van der Waals surface area contributed by atoms with E-state index in [4.69, 9.17) is 5.11 Å². The summed E-state index contributed by atoms with van der Waals surface area (Å²) >= 11 is 0. The van der Waals surface area contributed by atoms with Gasteiger partial charge in [-0.25, -0.2) is 4.79 Å². The number of aromatic nitrogens is 1. The van der Waals surface area contributed by atoms with Crippen LogP contribution in [0.5, 0.6) is 0 Å². The molecule has 15 heavy (non-hydrogen) atoms. The Balaban J connectivity index is 2.32. The molecule has 0 aliphatic heterocycles. The number of aliphatic carboxylic acids is 1. The minimum atomic E-state index is -0.861. The predicted octanol–water partition coefficient (Wildman–Crippen LogP) is 0.405. The number of fused-ring (bicyclic) bond motifs is 1. The molecule has 4 nitrogen and oxygen atoms in total. The maximum absolute atomic E-state index is 10.7. The standard InChI is InChI=1S/C11H12N2O2/c12-9(11(14)15)5-7-6-13-10-4-2-1-3-8(7)10/h1-4,6,9,13H,5,12H2,(H,14,15)/p+1/t9-/m0/s1. The van der Waals surface area contributed by atoms with Gasteiger partial charge in [0.05, 0.1) is 0 Å². The minimum Gasteiger partial charge on any atom is -0.477 e. The topological polar surface area (TPSA) is 80.7 Å². The van der Waals surface area contributed by atoms with Gasteiger partial charge in [-0.05, 0) is 11.6 Å². The first-order chi connectivity index (χ1) is 7.18. The first-order valence-corrected chi connectivity index (χ1v) is 4.79. The van der Waals surface area contributed by atoms with Crippen molar-refractivity contribution in [3.63, 3.8) is 0 Å². The number of hydrogen-bond donors (Lipinski definition) is 3. The molecule has 1 aromatic heterocycles. The Hall–Kier alpha value is -1.81. The van der Waals surface area contributed by atoms with Gasteiger partial charge in [0.25, 0.3) is 0 Å². The molecular formula is C11H13N2O2+. The molecule has 0 aliphatic carbocycles. The van der Waals surface area contributed by atoms with Crippen LogP contribution in [0.25, 0.3) is 10.9 Å². The molecule has 1 aromatic carbocycles. The molecule has 0 fully saturated rings. The quantitative estimate of drug-likeness (QED) is 0.678. The van der Waals surface area contributed by atoms with Gasteiger partial charge in [-0.2, -0.15) is 0 Å². The highest BCUT2D eigenvalue weighted by Gasteiger charge is 2.17. The summed E-state index contributed by atoms with van der Waals surface area (Å²) in [6.45, 7) is 0. The molecule has 2 rings (SSSR count). The molecule has 1 atom stereocenters. The van der Waals surface area contributed by atoms with Crippen LogP contribution >= 0.6 is 0 Å². The van der Waals surface area contributed by atoms with E-state index in [1.54, 1.807) is 0 Å². The lowest BCUT2D eigenvalue weighted by atomic mass is 10.1. The number of carboxylic acids is 1. The third kappa shape index (κ3) is 1.85. The van der Waals surface area contributed by atoms with Crippen molar-refractivity contribution >= 4 is 16.9 Å². The van der Waals surface area contributed by atoms with Crippen LogP contribution in [-0.4, -0.2) is 22.1 Å². The van der Waals surface area contributed by atoms with Crippen LogP contribution < -0.4 is 5.73 Å².